The molecule has 3 aromatic carbocycles. The lowest BCUT2D eigenvalue weighted by atomic mass is 10.2. The van der Waals surface area contributed by atoms with Gasteiger partial charge in [0.25, 0.3) is 15.9 Å². The molecule has 0 fully saturated rings. The molecule has 0 aliphatic heterocycles. The fraction of sp³-hybridized carbons (Fsp3) is 0.200. The predicted octanol–water partition coefficient (Wildman–Crippen LogP) is 5.80. The zero-order valence-electron chi connectivity index (χ0n) is 22.8. The average molecular weight is 579 g/mol. The number of benzene rings is 3. The third-order valence-electron chi connectivity index (χ3n) is 6.28. The lowest BCUT2D eigenvalue weighted by molar-refractivity contribution is -0.119. The maximum absolute atomic E-state index is 13.6. The molecule has 1 N–H and O–H groups in total. The van der Waals surface area contributed by atoms with Crippen molar-refractivity contribution in [2.75, 3.05) is 17.5 Å². The second kappa shape index (κ2) is 12.4. The van der Waals surface area contributed by atoms with Crippen LogP contribution in [0.4, 0.5) is 5.69 Å². The number of aromatic nitrogens is 1. The van der Waals surface area contributed by atoms with Crippen LogP contribution in [0.2, 0.25) is 5.02 Å². The molecule has 40 heavy (non-hydrogen) atoms. The number of anilines is 1. The van der Waals surface area contributed by atoms with Crippen LogP contribution in [-0.4, -0.2) is 38.3 Å². The quantitative estimate of drug-likeness (QED) is 0.190. The first-order chi connectivity index (χ1) is 19.1. The number of aryl methyl sites for hydroxylation is 2. The van der Waals surface area contributed by atoms with Crippen LogP contribution in [0.25, 0.3) is 5.69 Å². The summed E-state index contributed by atoms with van der Waals surface area (Å²) in [7, 11) is -4.04. The number of nitrogens with zero attached hydrogens (tertiary/aromatic N) is 3. The molecule has 10 heteroatoms. The van der Waals surface area contributed by atoms with Gasteiger partial charge in [0.2, 0.25) is 0 Å². The van der Waals surface area contributed by atoms with E-state index < -0.39 is 22.5 Å². The van der Waals surface area contributed by atoms with E-state index >= 15 is 0 Å². The molecule has 1 heterocycles. The topological polar surface area (TPSA) is 93.0 Å². The number of hydrogen-bond acceptors (Lipinski definition) is 5. The van der Waals surface area contributed by atoms with E-state index in [9.17, 15) is 13.2 Å². The molecule has 0 spiro atoms. The Morgan fingerprint density at radius 2 is 1.65 bits per heavy atom. The smallest absolute Gasteiger partial charge is 0.264 e. The molecule has 4 rings (SSSR count). The molecule has 1 amide bonds. The van der Waals surface area contributed by atoms with Crippen LogP contribution in [0, 0.1) is 20.8 Å². The average Bonchev–Trinajstić information content (AvgIpc) is 3.21. The van der Waals surface area contributed by atoms with E-state index in [2.05, 4.69) is 15.1 Å². The molecular formula is C30H31ClN4O4S. The van der Waals surface area contributed by atoms with Gasteiger partial charge in [0.1, 0.15) is 12.3 Å². The molecule has 208 valence electrons. The Balaban J connectivity index is 1.55. The van der Waals surface area contributed by atoms with Crippen molar-refractivity contribution in [2.45, 2.75) is 32.6 Å². The van der Waals surface area contributed by atoms with Crippen molar-refractivity contribution in [3.63, 3.8) is 0 Å². The van der Waals surface area contributed by atoms with Gasteiger partial charge >= 0.3 is 0 Å². The van der Waals surface area contributed by atoms with E-state index in [1.165, 1.54) is 12.1 Å². The van der Waals surface area contributed by atoms with Crippen molar-refractivity contribution in [3.05, 3.63) is 106 Å². The van der Waals surface area contributed by atoms with Crippen LogP contribution in [0.5, 0.6) is 5.75 Å². The van der Waals surface area contributed by atoms with E-state index in [-0.39, 0.29) is 4.90 Å². The van der Waals surface area contributed by atoms with Crippen molar-refractivity contribution in [3.8, 4) is 11.4 Å². The number of ether oxygens (including phenoxy) is 1. The van der Waals surface area contributed by atoms with E-state index in [1.807, 2.05) is 58.0 Å². The van der Waals surface area contributed by atoms with Crippen LogP contribution < -0.4 is 14.5 Å². The van der Waals surface area contributed by atoms with Crippen molar-refractivity contribution >= 4 is 39.4 Å². The first-order valence-electron chi connectivity index (χ1n) is 12.7. The summed E-state index contributed by atoms with van der Waals surface area (Å²) < 4.78 is 35.8. The van der Waals surface area contributed by atoms with Gasteiger partial charge in [0.15, 0.2) is 0 Å². The summed E-state index contributed by atoms with van der Waals surface area (Å²) >= 11 is 6.03. The highest BCUT2D eigenvalue weighted by Gasteiger charge is 2.27. The number of halogens is 1. The van der Waals surface area contributed by atoms with E-state index in [0.29, 0.717) is 23.1 Å². The van der Waals surface area contributed by atoms with Gasteiger partial charge in [-0.15, -0.1) is 0 Å². The minimum Gasteiger partial charge on any atom is -0.494 e. The Morgan fingerprint density at radius 1 is 1.00 bits per heavy atom. The van der Waals surface area contributed by atoms with Gasteiger partial charge in [0, 0.05) is 27.7 Å². The summed E-state index contributed by atoms with van der Waals surface area (Å²) in [6.07, 6.45) is 1.54. The van der Waals surface area contributed by atoms with Crippen molar-refractivity contribution < 1.29 is 17.9 Å². The minimum atomic E-state index is -4.04. The molecule has 1 aromatic heterocycles. The number of carbonyl (C=O) groups excluding carboxylic acids is 1. The van der Waals surface area contributed by atoms with Crippen LogP contribution in [0.3, 0.4) is 0 Å². The summed E-state index contributed by atoms with van der Waals surface area (Å²) in [6.45, 7) is 7.68. The summed E-state index contributed by atoms with van der Waals surface area (Å²) in [4.78, 5) is 13.0. The summed E-state index contributed by atoms with van der Waals surface area (Å²) in [6, 6.07) is 22.5. The zero-order valence-corrected chi connectivity index (χ0v) is 24.3. The third kappa shape index (κ3) is 6.55. The highest BCUT2D eigenvalue weighted by atomic mass is 35.5. The Hall–Kier alpha value is -4.08. The normalized spacial score (nSPS) is 11.5. The molecule has 0 aliphatic rings. The summed E-state index contributed by atoms with van der Waals surface area (Å²) in [5, 5.41) is 4.77. The van der Waals surface area contributed by atoms with Gasteiger partial charge < -0.3 is 9.30 Å². The Kier molecular flexibility index (Phi) is 8.96. The summed E-state index contributed by atoms with van der Waals surface area (Å²) in [5.41, 5.74) is 7.40. The number of amides is 1. The summed E-state index contributed by atoms with van der Waals surface area (Å²) in [5.74, 6) is 0.0107. The van der Waals surface area contributed by atoms with Gasteiger partial charge in [-0.25, -0.2) is 13.8 Å². The number of carbonyl (C=O) groups is 1. The lowest BCUT2D eigenvalue weighted by Crippen LogP contribution is -2.39. The van der Waals surface area contributed by atoms with Gasteiger partial charge in [-0.3, -0.25) is 9.10 Å². The SMILES string of the molecule is CCOc1ccc(N(CC(=O)N/N=C\c2cc(C)n(-c3ccc(Cl)cc3)c2C)S(=O)(=O)c2ccc(C)cc2)cc1. The minimum absolute atomic E-state index is 0.0814. The lowest BCUT2D eigenvalue weighted by Gasteiger charge is -2.24. The van der Waals surface area contributed by atoms with Crippen LogP contribution in [-0.2, 0) is 14.8 Å². The monoisotopic (exact) mass is 578 g/mol. The predicted molar refractivity (Wildman–Crippen MR) is 159 cm³/mol. The van der Waals surface area contributed by atoms with Crippen molar-refractivity contribution in [1.82, 2.24) is 9.99 Å². The van der Waals surface area contributed by atoms with Crippen LogP contribution in [0.1, 0.15) is 29.4 Å². The Bertz CT molecular complexity index is 1610. The Morgan fingerprint density at radius 3 is 2.27 bits per heavy atom. The fourth-order valence-electron chi connectivity index (χ4n) is 4.27. The molecular weight excluding hydrogens is 548 g/mol. The highest BCUT2D eigenvalue weighted by Crippen LogP contribution is 2.26. The van der Waals surface area contributed by atoms with E-state index in [0.717, 1.165) is 32.5 Å². The number of hydrogen-bond donors (Lipinski definition) is 1. The number of sulfonamides is 1. The number of hydrazone groups is 1. The molecule has 0 bridgehead atoms. The van der Waals surface area contributed by atoms with Crippen LogP contribution >= 0.6 is 11.6 Å². The molecule has 4 aromatic rings. The largest absolute Gasteiger partial charge is 0.494 e. The maximum atomic E-state index is 13.6. The maximum Gasteiger partial charge on any atom is 0.264 e. The first kappa shape index (κ1) is 28.9. The zero-order chi connectivity index (χ0) is 28.9. The van der Waals surface area contributed by atoms with E-state index in [4.69, 9.17) is 16.3 Å². The van der Waals surface area contributed by atoms with Gasteiger partial charge in [-0.05, 0) is 94.4 Å². The van der Waals surface area contributed by atoms with Gasteiger partial charge in [-0.1, -0.05) is 29.3 Å². The first-order valence-corrected chi connectivity index (χ1v) is 14.5. The van der Waals surface area contributed by atoms with Crippen molar-refractivity contribution in [1.29, 1.82) is 0 Å². The molecule has 0 radical (unpaired) electrons. The fourth-order valence-corrected chi connectivity index (χ4v) is 5.82. The third-order valence-corrected chi connectivity index (χ3v) is 8.32. The van der Waals surface area contributed by atoms with Gasteiger partial charge in [0.05, 0.1) is 23.4 Å². The second-order valence-electron chi connectivity index (χ2n) is 9.18. The van der Waals surface area contributed by atoms with Crippen molar-refractivity contribution in [2.24, 2.45) is 5.10 Å². The molecule has 8 nitrogen and oxygen atoms in total. The molecule has 0 aliphatic carbocycles. The molecule has 0 saturated heterocycles. The highest BCUT2D eigenvalue weighted by molar-refractivity contribution is 7.92. The van der Waals surface area contributed by atoms with Gasteiger partial charge in [-0.2, -0.15) is 5.10 Å². The number of nitrogens with one attached hydrogen (secondary N) is 1. The number of rotatable bonds is 10. The standard InChI is InChI=1S/C30H31ClN4O4S/c1-5-39-28-14-12-26(13-15-28)34(40(37,38)29-16-6-21(2)7-17-29)20-30(36)33-32-19-24-18-22(3)35(23(24)4)27-10-8-25(31)9-11-27/h6-19H,5,20H2,1-4H3,(H,33,36)/b32-19-. The van der Waals surface area contributed by atoms with Crippen LogP contribution in [0.15, 0.2) is 88.9 Å². The second-order valence-corrected chi connectivity index (χ2v) is 11.5. The Labute approximate surface area is 239 Å². The molecule has 0 atom stereocenters. The molecule has 0 unspecified atom stereocenters. The van der Waals surface area contributed by atoms with E-state index in [1.54, 1.807) is 42.6 Å². The molecule has 0 saturated carbocycles.